The van der Waals surface area contributed by atoms with Crippen molar-refractivity contribution in [2.45, 2.75) is 88.9 Å². The number of carbonyl (C=O) groups excluding carboxylic acids is 2. The number of ether oxygens (including phenoxy) is 1. The molecule has 0 radical (unpaired) electrons. The normalized spacial score (nSPS) is 19.2. The zero-order valence-corrected chi connectivity index (χ0v) is 31.7. The average molecular weight is 779 g/mol. The number of esters is 1. The SMILES string of the molecule is CC(=O)OC(C)c1cc2c(cn1)CC(=O)C(C#N)=C2N1CCC(C)(O)CC1.CC(Br)c1cc2c(N3CCC(C)(O)CC3)c(C#N)c(Cl)nc2cn1. The Morgan fingerprint density at radius 1 is 0.980 bits per heavy atom. The molecule has 12 nitrogen and oxygen atoms in total. The predicted octanol–water partition coefficient (Wildman–Crippen LogP) is 5.87. The summed E-state index contributed by atoms with van der Waals surface area (Å²) in [7, 11) is 0. The lowest BCUT2D eigenvalue weighted by Crippen LogP contribution is -2.42. The van der Waals surface area contributed by atoms with Gasteiger partial charge in [-0.3, -0.25) is 19.6 Å². The van der Waals surface area contributed by atoms with E-state index in [1.54, 1.807) is 32.3 Å². The molecule has 2 aliphatic heterocycles. The number of alkyl halides is 1. The third kappa shape index (κ3) is 8.50. The topological polar surface area (TPSA) is 177 Å². The summed E-state index contributed by atoms with van der Waals surface area (Å²) in [5, 5.41) is 40.7. The highest BCUT2D eigenvalue weighted by molar-refractivity contribution is 9.09. The number of hydrogen-bond acceptors (Lipinski definition) is 12. The van der Waals surface area contributed by atoms with Crippen molar-refractivity contribution in [2.75, 3.05) is 31.1 Å². The van der Waals surface area contributed by atoms with E-state index in [2.05, 4.69) is 47.9 Å². The fourth-order valence-corrected chi connectivity index (χ4v) is 7.04. The zero-order chi connectivity index (χ0) is 37.2. The first-order valence-corrected chi connectivity index (χ1v) is 18.2. The van der Waals surface area contributed by atoms with Crippen LogP contribution in [0.4, 0.5) is 5.69 Å². The van der Waals surface area contributed by atoms with Gasteiger partial charge in [-0.1, -0.05) is 27.5 Å². The van der Waals surface area contributed by atoms with E-state index >= 15 is 0 Å². The molecule has 14 heteroatoms. The van der Waals surface area contributed by atoms with Crippen molar-refractivity contribution in [1.29, 1.82) is 10.5 Å². The fraction of sp³-hybridized carbons (Fsp3) is 0.486. The van der Waals surface area contributed by atoms with Crippen LogP contribution in [0.15, 0.2) is 30.1 Å². The van der Waals surface area contributed by atoms with Gasteiger partial charge in [-0.05, 0) is 71.1 Å². The summed E-state index contributed by atoms with van der Waals surface area (Å²) in [6.07, 6.45) is 5.32. The Balaban J connectivity index is 0.000000199. The number of aromatic nitrogens is 3. The van der Waals surface area contributed by atoms with E-state index in [1.165, 1.54) is 6.92 Å². The number of fused-ring (bicyclic) bond motifs is 2. The van der Waals surface area contributed by atoms with Crippen LogP contribution in [0, 0.1) is 22.7 Å². The van der Waals surface area contributed by atoms with Gasteiger partial charge < -0.3 is 24.7 Å². The Labute approximate surface area is 310 Å². The Hall–Kier alpha value is -4.14. The molecule has 0 saturated carbocycles. The summed E-state index contributed by atoms with van der Waals surface area (Å²) in [5.41, 5.74) is 4.15. The summed E-state index contributed by atoms with van der Waals surface area (Å²) in [5.74, 6) is -0.621. The number of carbonyl (C=O) groups is 2. The van der Waals surface area contributed by atoms with Crippen LogP contribution >= 0.6 is 27.5 Å². The zero-order valence-electron chi connectivity index (χ0n) is 29.3. The van der Waals surface area contributed by atoms with Crippen molar-refractivity contribution >= 4 is 61.6 Å². The number of nitrogens with zero attached hydrogens (tertiary/aromatic N) is 7. The maximum atomic E-state index is 12.5. The number of likely N-dealkylation sites (tertiary alicyclic amines) is 1. The number of rotatable bonds is 5. The van der Waals surface area contributed by atoms with Crippen molar-refractivity contribution < 1.29 is 24.5 Å². The molecular formula is C37H41BrClN7O5. The van der Waals surface area contributed by atoms with E-state index < -0.39 is 23.3 Å². The molecule has 0 bridgehead atoms. The third-order valence-electron chi connectivity index (χ3n) is 9.65. The Kier molecular flexibility index (Phi) is 11.4. The molecule has 2 atom stereocenters. The molecule has 2 N–H and O–H groups in total. The number of aliphatic hydroxyl groups is 2. The van der Waals surface area contributed by atoms with E-state index in [1.807, 2.05) is 24.8 Å². The molecular weight excluding hydrogens is 738 g/mol. The van der Waals surface area contributed by atoms with Gasteiger partial charge >= 0.3 is 5.97 Å². The van der Waals surface area contributed by atoms with Crippen LogP contribution in [0.3, 0.4) is 0 Å². The number of piperidine rings is 2. The number of nitriles is 2. The van der Waals surface area contributed by atoms with Crippen LogP contribution in [0.1, 0.15) is 99.3 Å². The molecule has 0 spiro atoms. The minimum atomic E-state index is -0.737. The highest BCUT2D eigenvalue weighted by Gasteiger charge is 2.35. The molecule has 5 heterocycles. The van der Waals surface area contributed by atoms with Crippen molar-refractivity contribution in [3.63, 3.8) is 0 Å². The summed E-state index contributed by atoms with van der Waals surface area (Å²) in [6, 6.07) is 8.02. The average Bonchev–Trinajstić information content (AvgIpc) is 3.07. The molecule has 2 saturated heterocycles. The molecule has 0 amide bonds. The van der Waals surface area contributed by atoms with Crippen LogP contribution in [0.5, 0.6) is 0 Å². The minimum absolute atomic E-state index is 0.0954. The van der Waals surface area contributed by atoms with Crippen molar-refractivity contribution in [1.82, 2.24) is 19.9 Å². The smallest absolute Gasteiger partial charge is 0.303 e. The Bertz CT molecular complexity index is 1960. The maximum Gasteiger partial charge on any atom is 0.303 e. The number of allylic oxidation sites excluding steroid dienone is 1. The summed E-state index contributed by atoms with van der Waals surface area (Å²) in [6.45, 7) is 11.2. The lowest BCUT2D eigenvalue weighted by molar-refractivity contribution is -0.146. The largest absolute Gasteiger partial charge is 0.456 e. The number of anilines is 1. The van der Waals surface area contributed by atoms with Gasteiger partial charge in [0.1, 0.15) is 34.5 Å². The fourth-order valence-electron chi connectivity index (χ4n) is 6.57. The van der Waals surface area contributed by atoms with Crippen LogP contribution in [-0.2, 0) is 20.7 Å². The molecule has 268 valence electrons. The molecule has 6 rings (SSSR count). The standard InChI is InChI=1S/C20H23N3O4.C17H18BrClN4O/c1-12(27-13(2)24)17-9-15-14(11-22-17)8-18(25)16(10-21)19(15)23-6-4-20(3,26)5-7-23;1-10(18)13-7-11-14(9-21-13)22-16(19)12(8-20)15(11)23-5-3-17(2,24)4-6-23/h9,11-12,26H,4-8H2,1-3H3;7,9-10,24H,3-6H2,1-2H3. The molecule has 1 aliphatic carbocycles. The molecule has 3 aromatic rings. The van der Waals surface area contributed by atoms with Gasteiger partial charge in [-0.2, -0.15) is 10.5 Å². The quantitative estimate of drug-likeness (QED) is 0.179. The van der Waals surface area contributed by atoms with Crippen LogP contribution in [0.2, 0.25) is 5.15 Å². The minimum Gasteiger partial charge on any atom is -0.456 e. The van der Waals surface area contributed by atoms with E-state index in [0.29, 0.717) is 74.3 Å². The van der Waals surface area contributed by atoms with E-state index in [0.717, 1.165) is 27.9 Å². The van der Waals surface area contributed by atoms with Gasteiger partial charge in [-0.15, -0.1) is 0 Å². The number of Topliss-reactive ketones (excluding diaryl/α,β-unsaturated/α-hetero) is 1. The van der Waals surface area contributed by atoms with Gasteiger partial charge in [0, 0.05) is 56.7 Å². The Morgan fingerprint density at radius 3 is 2.12 bits per heavy atom. The highest BCUT2D eigenvalue weighted by Crippen LogP contribution is 2.39. The van der Waals surface area contributed by atoms with Crippen LogP contribution < -0.4 is 4.90 Å². The first-order chi connectivity index (χ1) is 24.0. The first-order valence-electron chi connectivity index (χ1n) is 16.9. The monoisotopic (exact) mass is 777 g/mol. The van der Waals surface area contributed by atoms with E-state index in [9.17, 15) is 30.3 Å². The molecule has 51 heavy (non-hydrogen) atoms. The number of pyridine rings is 3. The molecule has 2 fully saturated rings. The maximum absolute atomic E-state index is 12.5. The van der Waals surface area contributed by atoms with Gasteiger partial charge in [0.25, 0.3) is 0 Å². The molecule has 3 aliphatic rings. The Morgan fingerprint density at radius 2 is 1.57 bits per heavy atom. The van der Waals surface area contributed by atoms with Gasteiger partial charge in [0.15, 0.2) is 5.78 Å². The van der Waals surface area contributed by atoms with Crippen molar-refractivity contribution in [2.24, 2.45) is 0 Å². The van der Waals surface area contributed by atoms with E-state index in [4.69, 9.17) is 16.3 Å². The lowest BCUT2D eigenvalue weighted by Gasteiger charge is -2.40. The molecule has 0 aromatic carbocycles. The number of halogens is 2. The second kappa shape index (κ2) is 15.2. The van der Waals surface area contributed by atoms with Crippen molar-refractivity contribution in [3.8, 4) is 12.1 Å². The van der Waals surface area contributed by atoms with Crippen LogP contribution in [-0.4, -0.2) is 79.2 Å². The summed E-state index contributed by atoms with van der Waals surface area (Å²) < 4.78 is 5.21. The van der Waals surface area contributed by atoms with Crippen molar-refractivity contribution in [3.05, 3.63) is 63.3 Å². The number of hydrogen-bond donors (Lipinski definition) is 2. The first kappa shape index (κ1) is 38.1. The molecule has 2 unspecified atom stereocenters. The summed E-state index contributed by atoms with van der Waals surface area (Å²) in [4.78, 5) is 41.0. The summed E-state index contributed by atoms with van der Waals surface area (Å²) >= 11 is 9.77. The second-order valence-electron chi connectivity index (χ2n) is 13.9. The van der Waals surface area contributed by atoms with Crippen LogP contribution in [0.25, 0.3) is 16.6 Å². The van der Waals surface area contributed by atoms with Gasteiger partial charge in [-0.25, -0.2) is 4.98 Å². The highest BCUT2D eigenvalue weighted by atomic mass is 79.9. The predicted molar refractivity (Wildman–Crippen MR) is 196 cm³/mol. The number of ketones is 1. The van der Waals surface area contributed by atoms with Gasteiger partial charge in [0.2, 0.25) is 0 Å². The third-order valence-corrected chi connectivity index (χ3v) is 10.4. The van der Waals surface area contributed by atoms with Gasteiger partial charge in [0.05, 0.1) is 50.5 Å². The second-order valence-corrected chi connectivity index (χ2v) is 15.6. The molecule has 3 aromatic heterocycles. The van der Waals surface area contributed by atoms with E-state index in [-0.39, 0.29) is 27.8 Å². The lowest BCUT2D eigenvalue weighted by atomic mass is 9.86.